The summed E-state index contributed by atoms with van der Waals surface area (Å²) in [5.41, 5.74) is 7.97. The number of para-hydroxylation sites is 2. The van der Waals surface area contributed by atoms with Gasteiger partial charge in [-0.25, -0.2) is 4.98 Å². The van der Waals surface area contributed by atoms with Crippen LogP contribution in [0.2, 0.25) is 0 Å². The van der Waals surface area contributed by atoms with Crippen molar-refractivity contribution < 1.29 is 4.92 Å². The van der Waals surface area contributed by atoms with E-state index in [0.717, 1.165) is 35.0 Å². The molecule has 4 aromatic rings. The fourth-order valence-electron chi connectivity index (χ4n) is 4.74. The van der Waals surface area contributed by atoms with Gasteiger partial charge in [-0.3, -0.25) is 10.1 Å². The summed E-state index contributed by atoms with van der Waals surface area (Å²) in [6, 6.07) is 23.5. The maximum absolute atomic E-state index is 11.0. The van der Waals surface area contributed by atoms with Crippen LogP contribution in [0.4, 0.5) is 11.4 Å². The number of nitro benzene ring substituents is 1. The van der Waals surface area contributed by atoms with Gasteiger partial charge in [-0.2, -0.15) is 0 Å². The SMILES string of the molecule is CN1/C(=C/c2c3c(nc4ccccc24)/C(=C/c2ccc([N+](=O)[O-])cc2)CC3)Sc2ccccc21. The molecule has 0 N–H and O–H groups in total. The Bertz CT molecular complexity index is 1520. The number of hydrogen-bond donors (Lipinski definition) is 0. The zero-order chi connectivity index (χ0) is 23.2. The van der Waals surface area contributed by atoms with Gasteiger partial charge >= 0.3 is 0 Å². The molecule has 2 heterocycles. The standard InChI is InChI=1S/C28H21N3O2S/c1-30-25-8-4-5-9-26(25)34-27(30)17-23-21-6-2-3-7-24(21)29-28-19(12-15-22(23)28)16-18-10-13-20(14-11-18)31(32)33/h2-11,13-14,16-17H,12,15H2,1H3/b19-16+,27-17-. The van der Waals surface area contributed by atoms with Crippen LogP contribution in [0.1, 0.15) is 28.8 Å². The minimum Gasteiger partial charge on any atom is -0.338 e. The van der Waals surface area contributed by atoms with Crippen molar-refractivity contribution in [1.82, 2.24) is 4.98 Å². The second kappa shape index (κ2) is 8.15. The van der Waals surface area contributed by atoms with Gasteiger partial charge < -0.3 is 4.90 Å². The summed E-state index contributed by atoms with van der Waals surface area (Å²) in [6.07, 6.45) is 6.24. The predicted molar refractivity (Wildman–Crippen MR) is 140 cm³/mol. The molecular weight excluding hydrogens is 442 g/mol. The first-order valence-corrected chi connectivity index (χ1v) is 12.0. The highest BCUT2D eigenvalue weighted by molar-refractivity contribution is 8.03. The molecule has 34 heavy (non-hydrogen) atoms. The van der Waals surface area contributed by atoms with Gasteiger partial charge in [0.05, 0.1) is 26.9 Å². The molecule has 5 nitrogen and oxygen atoms in total. The van der Waals surface area contributed by atoms with Crippen LogP contribution in [-0.4, -0.2) is 17.0 Å². The molecule has 0 bridgehead atoms. The highest BCUT2D eigenvalue weighted by atomic mass is 32.2. The summed E-state index contributed by atoms with van der Waals surface area (Å²) >= 11 is 1.80. The summed E-state index contributed by atoms with van der Waals surface area (Å²) in [6.45, 7) is 0. The highest BCUT2D eigenvalue weighted by Crippen LogP contribution is 2.47. The normalized spacial score (nSPS) is 16.9. The fraction of sp³-hybridized carbons (Fsp3) is 0.107. The van der Waals surface area contributed by atoms with Gasteiger partial charge in [0.25, 0.3) is 5.69 Å². The number of thioether (sulfide) groups is 1. The van der Waals surface area contributed by atoms with Crippen LogP contribution >= 0.6 is 11.8 Å². The van der Waals surface area contributed by atoms with Crippen LogP contribution < -0.4 is 4.90 Å². The molecule has 0 radical (unpaired) electrons. The average Bonchev–Trinajstić information content (AvgIpc) is 3.40. The third-order valence-corrected chi connectivity index (χ3v) is 7.64. The van der Waals surface area contributed by atoms with Crippen LogP contribution in [0, 0.1) is 10.1 Å². The van der Waals surface area contributed by atoms with Crippen molar-refractivity contribution in [3.8, 4) is 0 Å². The van der Waals surface area contributed by atoms with E-state index in [1.807, 2.05) is 6.07 Å². The lowest BCUT2D eigenvalue weighted by Gasteiger charge is -2.15. The molecular formula is C28H21N3O2S. The number of aromatic nitrogens is 1. The summed E-state index contributed by atoms with van der Waals surface area (Å²) in [5, 5.41) is 13.4. The van der Waals surface area contributed by atoms with E-state index in [9.17, 15) is 10.1 Å². The zero-order valence-electron chi connectivity index (χ0n) is 18.6. The Kier molecular flexibility index (Phi) is 4.96. The van der Waals surface area contributed by atoms with Crippen molar-refractivity contribution in [2.24, 2.45) is 0 Å². The summed E-state index contributed by atoms with van der Waals surface area (Å²) in [4.78, 5) is 19.2. The number of allylic oxidation sites excluding steroid dienone is 1. The number of nitro groups is 1. The molecule has 0 atom stereocenters. The molecule has 0 spiro atoms. The number of anilines is 1. The number of non-ortho nitro benzene ring substituents is 1. The molecule has 0 saturated carbocycles. The molecule has 0 unspecified atom stereocenters. The van der Waals surface area contributed by atoms with E-state index in [2.05, 4.69) is 66.6 Å². The second-order valence-electron chi connectivity index (χ2n) is 8.50. The van der Waals surface area contributed by atoms with Crippen LogP contribution in [0.5, 0.6) is 0 Å². The molecule has 1 aromatic heterocycles. The second-order valence-corrected chi connectivity index (χ2v) is 9.56. The van der Waals surface area contributed by atoms with E-state index in [1.165, 1.54) is 32.3 Å². The Morgan fingerprint density at radius 3 is 2.53 bits per heavy atom. The van der Waals surface area contributed by atoms with Crippen molar-refractivity contribution >= 4 is 51.8 Å². The smallest absolute Gasteiger partial charge is 0.269 e. The van der Waals surface area contributed by atoms with Gasteiger partial charge in [-0.1, -0.05) is 42.1 Å². The quantitative estimate of drug-likeness (QED) is 0.238. The predicted octanol–water partition coefficient (Wildman–Crippen LogP) is 7.17. The first-order chi connectivity index (χ1) is 16.6. The number of nitrogens with zero attached hydrogens (tertiary/aromatic N) is 3. The zero-order valence-corrected chi connectivity index (χ0v) is 19.4. The molecule has 1 aliphatic heterocycles. The van der Waals surface area contributed by atoms with Gasteiger partial charge in [-0.05, 0) is 77.6 Å². The minimum absolute atomic E-state index is 0.103. The summed E-state index contributed by atoms with van der Waals surface area (Å²) < 4.78 is 0. The van der Waals surface area contributed by atoms with E-state index >= 15 is 0 Å². The first kappa shape index (κ1) is 20.7. The molecule has 0 amide bonds. The third-order valence-electron chi connectivity index (χ3n) is 6.47. The Morgan fingerprint density at radius 1 is 0.971 bits per heavy atom. The molecule has 2 aliphatic rings. The van der Waals surface area contributed by atoms with Crippen molar-refractivity contribution in [3.05, 3.63) is 110 Å². The Labute approximate surface area is 201 Å². The number of benzene rings is 3. The van der Waals surface area contributed by atoms with Crippen LogP contribution in [-0.2, 0) is 6.42 Å². The molecule has 3 aromatic carbocycles. The number of rotatable bonds is 3. The molecule has 1 aliphatic carbocycles. The Hall–Kier alpha value is -3.90. The molecule has 6 rings (SSSR count). The summed E-state index contributed by atoms with van der Waals surface area (Å²) in [5.74, 6) is 0. The topological polar surface area (TPSA) is 59.3 Å². The van der Waals surface area contributed by atoms with Crippen molar-refractivity contribution in [3.63, 3.8) is 0 Å². The van der Waals surface area contributed by atoms with Crippen LogP contribution in [0.15, 0.2) is 82.7 Å². The average molecular weight is 464 g/mol. The van der Waals surface area contributed by atoms with Crippen molar-refractivity contribution in [1.29, 1.82) is 0 Å². The molecule has 6 heteroatoms. The van der Waals surface area contributed by atoms with Crippen LogP contribution in [0.3, 0.4) is 0 Å². The number of hydrogen-bond acceptors (Lipinski definition) is 5. The van der Waals surface area contributed by atoms with Gasteiger partial charge in [0, 0.05) is 29.5 Å². The van der Waals surface area contributed by atoms with E-state index in [1.54, 1.807) is 36.0 Å². The largest absolute Gasteiger partial charge is 0.338 e. The van der Waals surface area contributed by atoms with Crippen LogP contribution in [0.25, 0.3) is 28.6 Å². The monoisotopic (exact) mass is 463 g/mol. The van der Waals surface area contributed by atoms with Gasteiger partial charge in [0.15, 0.2) is 0 Å². The number of pyridine rings is 1. The highest BCUT2D eigenvalue weighted by Gasteiger charge is 2.26. The van der Waals surface area contributed by atoms with Crippen molar-refractivity contribution in [2.75, 3.05) is 11.9 Å². The lowest BCUT2D eigenvalue weighted by Crippen LogP contribution is -2.09. The maximum atomic E-state index is 11.0. The Balaban J connectivity index is 1.47. The minimum atomic E-state index is -0.369. The van der Waals surface area contributed by atoms with E-state index < -0.39 is 0 Å². The number of fused-ring (bicyclic) bond motifs is 3. The lowest BCUT2D eigenvalue weighted by molar-refractivity contribution is -0.384. The molecule has 0 fully saturated rings. The van der Waals surface area contributed by atoms with E-state index in [-0.39, 0.29) is 10.6 Å². The summed E-state index contributed by atoms with van der Waals surface area (Å²) in [7, 11) is 2.12. The van der Waals surface area contributed by atoms with Gasteiger partial charge in [0.2, 0.25) is 0 Å². The third kappa shape index (κ3) is 3.47. The van der Waals surface area contributed by atoms with Crippen molar-refractivity contribution in [2.45, 2.75) is 17.7 Å². The Morgan fingerprint density at radius 2 is 1.74 bits per heavy atom. The van der Waals surface area contributed by atoms with E-state index in [0.29, 0.717) is 0 Å². The van der Waals surface area contributed by atoms with Gasteiger partial charge in [0.1, 0.15) is 0 Å². The van der Waals surface area contributed by atoms with E-state index in [4.69, 9.17) is 4.98 Å². The van der Waals surface area contributed by atoms with Gasteiger partial charge in [-0.15, -0.1) is 0 Å². The first-order valence-electron chi connectivity index (χ1n) is 11.2. The lowest BCUT2D eigenvalue weighted by atomic mass is 10.0. The maximum Gasteiger partial charge on any atom is 0.269 e. The molecule has 0 saturated heterocycles. The fourth-order valence-corrected chi connectivity index (χ4v) is 5.84. The molecule has 166 valence electrons.